The van der Waals surface area contributed by atoms with Gasteiger partial charge in [-0.2, -0.15) is 0 Å². The predicted molar refractivity (Wildman–Crippen MR) is 120 cm³/mol. The Labute approximate surface area is 187 Å². The molecule has 0 atom stereocenters. The highest BCUT2D eigenvalue weighted by molar-refractivity contribution is 6.22. The van der Waals surface area contributed by atoms with E-state index in [4.69, 9.17) is 0 Å². The molecule has 0 radical (unpaired) electrons. The Morgan fingerprint density at radius 3 is 2.03 bits per heavy atom. The van der Waals surface area contributed by atoms with Gasteiger partial charge >= 0.3 is 0 Å². The fourth-order valence-corrected chi connectivity index (χ4v) is 4.33. The van der Waals surface area contributed by atoms with Gasteiger partial charge < -0.3 is 10.6 Å². The minimum Gasteiger partial charge on any atom is -0.350 e. The minimum atomic E-state index is -0.353. The Morgan fingerprint density at radius 1 is 0.812 bits per heavy atom. The summed E-state index contributed by atoms with van der Waals surface area (Å²) in [6, 6.07) is 11.8. The standard InChI is InChI=1S/C25H27N3O4/c1-16-7-9-17(10-8-16)22(29)26-13-14-27-23(30)18-11-12-20-21(15-18)25(32)28(24(20)31)19-5-3-2-4-6-19/h7-12,15,19H,2-6,13-14H2,1H3,(H,26,29)(H,27,30). The Bertz CT molecular complexity index is 1060. The molecule has 7 nitrogen and oxygen atoms in total. The van der Waals surface area contributed by atoms with Gasteiger partial charge in [0.05, 0.1) is 11.1 Å². The van der Waals surface area contributed by atoms with E-state index in [1.165, 1.54) is 11.0 Å². The first-order valence-electron chi connectivity index (χ1n) is 11.1. The van der Waals surface area contributed by atoms with Crippen molar-refractivity contribution in [3.05, 3.63) is 70.3 Å². The molecule has 2 aromatic carbocycles. The monoisotopic (exact) mass is 433 g/mol. The number of imide groups is 1. The van der Waals surface area contributed by atoms with Gasteiger partial charge in [-0.15, -0.1) is 0 Å². The lowest BCUT2D eigenvalue weighted by Gasteiger charge is -2.29. The molecule has 1 saturated carbocycles. The largest absolute Gasteiger partial charge is 0.350 e. The van der Waals surface area contributed by atoms with E-state index in [-0.39, 0.29) is 42.8 Å². The van der Waals surface area contributed by atoms with E-state index >= 15 is 0 Å². The van der Waals surface area contributed by atoms with Crippen molar-refractivity contribution in [1.29, 1.82) is 0 Å². The van der Waals surface area contributed by atoms with Crippen LogP contribution in [0.25, 0.3) is 0 Å². The molecule has 1 fully saturated rings. The Balaban J connectivity index is 1.33. The van der Waals surface area contributed by atoms with E-state index in [9.17, 15) is 19.2 Å². The molecular formula is C25H27N3O4. The molecule has 2 aromatic rings. The molecule has 0 bridgehead atoms. The quantitative estimate of drug-likeness (QED) is 0.541. The minimum absolute atomic E-state index is 0.0504. The van der Waals surface area contributed by atoms with Gasteiger partial charge in [0.2, 0.25) is 0 Å². The van der Waals surface area contributed by atoms with Crippen molar-refractivity contribution in [2.45, 2.75) is 45.1 Å². The van der Waals surface area contributed by atoms with Crippen molar-refractivity contribution in [2.75, 3.05) is 13.1 Å². The Hall–Kier alpha value is -3.48. The highest BCUT2D eigenvalue weighted by Crippen LogP contribution is 2.31. The molecule has 32 heavy (non-hydrogen) atoms. The van der Waals surface area contributed by atoms with Crippen molar-refractivity contribution in [3.63, 3.8) is 0 Å². The summed E-state index contributed by atoms with van der Waals surface area (Å²) in [5, 5.41) is 5.51. The van der Waals surface area contributed by atoms with Crippen molar-refractivity contribution in [2.24, 2.45) is 0 Å². The summed E-state index contributed by atoms with van der Waals surface area (Å²) in [4.78, 5) is 51.7. The summed E-state index contributed by atoms with van der Waals surface area (Å²) < 4.78 is 0. The number of aryl methyl sites for hydroxylation is 1. The maximum atomic E-state index is 12.9. The lowest BCUT2D eigenvalue weighted by Crippen LogP contribution is -2.40. The number of nitrogens with one attached hydrogen (secondary N) is 2. The van der Waals surface area contributed by atoms with Gasteiger partial charge in [0.15, 0.2) is 0 Å². The zero-order valence-corrected chi connectivity index (χ0v) is 18.1. The van der Waals surface area contributed by atoms with E-state index in [1.54, 1.807) is 24.3 Å². The number of carbonyl (C=O) groups is 4. The number of hydrogen-bond acceptors (Lipinski definition) is 4. The predicted octanol–water partition coefficient (Wildman–Crippen LogP) is 3.08. The van der Waals surface area contributed by atoms with Crippen LogP contribution in [-0.2, 0) is 0 Å². The molecule has 0 unspecified atom stereocenters. The van der Waals surface area contributed by atoms with Crippen LogP contribution in [-0.4, -0.2) is 47.7 Å². The number of hydrogen-bond donors (Lipinski definition) is 2. The van der Waals surface area contributed by atoms with Crippen LogP contribution in [0.4, 0.5) is 0 Å². The number of fused-ring (bicyclic) bond motifs is 1. The van der Waals surface area contributed by atoms with Crippen LogP contribution in [0.5, 0.6) is 0 Å². The van der Waals surface area contributed by atoms with Crippen molar-refractivity contribution < 1.29 is 19.2 Å². The second-order valence-electron chi connectivity index (χ2n) is 8.41. The molecule has 166 valence electrons. The van der Waals surface area contributed by atoms with E-state index in [0.717, 1.165) is 37.7 Å². The summed E-state index contributed by atoms with van der Waals surface area (Å²) in [5.74, 6) is -1.13. The topological polar surface area (TPSA) is 95.6 Å². The Morgan fingerprint density at radius 2 is 1.38 bits per heavy atom. The van der Waals surface area contributed by atoms with Crippen molar-refractivity contribution in [3.8, 4) is 0 Å². The van der Waals surface area contributed by atoms with Crippen LogP contribution in [0.2, 0.25) is 0 Å². The lowest BCUT2D eigenvalue weighted by molar-refractivity contribution is 0.0548. The molecule has 1 heterocycles. The summed E-state index contributed by atoms with van der Waals surface area (Å²) in [6.07, 6.45) is 4.86. The van der Waals surface area contributed by atoms with E-state index in [2.05, 4.69) is 10.6 Å². The third kappa shape index (κ3) is 4.42. The molecule has 1 aliphatic heterocycles. The number of nitrogens with zero attached hydrogens (tertiary/aromatic N) is 1. The van der Waals surface area contributed by atoms with Crippen molar-refractivity contribution in [1.82, 2.24) is 15.5 Å². The number of amides is 4. The van der Waals surface area contributed by atoms with Gasteiger partial charge in [-0.25, -0.2) is 0 Å². The highest BCUT2D eigenvalue weighted by Gasteiger charge is 2.40. The SMILES string of the molecule is Cc1ccc(C(=O)NCCNC(=O)c2ccc3c(c2)C(=O)N(C2CCCCC2)C3=O)cc1. The fourth-order valence-electron chi connectivity index (χ4n) is 4.33. The first kappa shape index (κ1) is 21.7. The lowest BCUT2D eigenvalue weighted by atomic mass is 9.94. The first-order chi connectivity index (χ1) is 15.5. The molecule has 0 saturated heterocycles. The average Bonchev–Trinajstić information content (AvgIpc) is 3.06. The third-order valence-electron chi connectivity index (χ3n) is 6.13. The Kier molecular flexibility index (Phi) is 6.35. The maximum Gasteiger partial charge on any atom is 0.261 e. The van der Waals surface area contributed by atoms with E-state index < -0.39 is 0 Å². The maximum absolute atomic E-state index is 12.9. The molecule has 0 spiro atoms. The second kappa shape index (κ2) is 9.34. The number of benzene rings is 2. The van der Waals surface area contributed by atoms with Crippen LogP contribution < -0.4 is 10.6 Å². The van der Waals surface area contributed by atoms with Gasteiger partial charge in [-0.05, 0) is 50.1 Å². The number of carbonyl (C=O) groups excluding carboxylic acids is 4. The molecular weight excluding hydrogens is 406 g/mol. The van der Waals surface area contributed by atoms with Crippen LogP contribution in [0.15, 0.2) is 42.5 Å². The third-order valence-corrected chi connectivity index (χ3v) is 6.13. The number of rotatable bonds is 6. The highest BCUT2D eigenvalue weighted by atomic mass is 16.2. The molecule has 4 amide bonds. The molecule has 1 aliphatic carbocycles. The summed E-state index contributed by atoms with van der Waals surface area (Å²) in [6.45, 7) is 2.47. The molecule has 7 heteroatoms. The normalized spacial score (nSPS) is 16.1. The fraction of sp³-hybridized carbons (Fsp3) is 0.360. The molecule has 4 rings (SSSR count). The van der Waals surface area contributed by atoms with E-state index in [1.807, 2.05) is 19.1 Å². The van der Waals surface area contributed by atoms with Crippen LogP contribution in [0.1, 0.15) is 79.1 Å². The van der Waals surface area contributed by atoms with Crippen LogP contribution in [0, 0.1) is 6.92 Å². The van der Waals surface area contributed by atoms with E-state index in [0.29, 0.717) is 22.3 Å². The van der Waals surface area contributed by atoms with Gasteiger partial charge in [-0.3, -0.25) is 24.1 Å². The molecule has 0 aromatic heterocycles. The van der Waals surface area contributed by atoms with Gasteiger partial charge in [0.1, 0.15) is 0 Å². The summed E-state index contributed by atoms with van der Waals surface area (Å²) in [5.41, 5.74) is 2.61. The molecule has 2 aliphatic rings. The zero-order valence-electron chi connectivity index (χ0n) is 18.1. The van der Waals surface area contributed by atoms with Crippen LogP contribution in [0.3, 0.4) is 0 Å². The van der Waals surface area contributed by atoms with Gasteiger partial charge in [0, 0.05) is 30.3 Å². The zero-order chi connectivity index (χ0) is 22.7. The smallest absolute Gasteiger partial charge is 0.261 e. The summed E-state index contributed by atoms with van der Waals surface area (Å²) >= 11 is 0. The van der Waals surface area contributed by atoms with Gasteiger partial charge in [-0.1, -0.05) is 37.0 Å². The van der Waals surface area contributed by atoms with Crippen molar-refractivity contribution >= 4 is 23.6 Å². The molecule has 2 N–H and O–H groups in total. The first-order valence-corrected chi connectivity index (χ1v) is 11.1. The summed E-state index contributed by atoms with van der Waals surface area (Å²) in [7, 11) is 0. The second-order valence-corrected chi connectivity index (χ2v) is 8.41. The van der Waals surface area contributed by atoms with Gasteiger partial charge in [0.25, 0.3) is 23.6 Å². The van der Waals surface area contributed by atoms with Crippen LogP contribution >= 0.6 is 0 Å². The average molecular weight is 434 g/mol.